The van der Waals surface area contributed by atoms with Gasteiger partial charge in [0.2, 0.25) is 0 Å². The molecule has 1 aromatic carbocycles. The molecule has 1 aromatic rings. The molecule has 19 heavy (non-hydrogen) atoms. The van der Waals surface area contributed by atoms with Gasteiger partial charge in [-0.25, -0.2) is 0 Å². The standard InChI is InChI=1S/C16H24N2O/c1-2-13-3-5-14(6-4-13)16(19)15-7-10-18(11-8-15)12-9-17/h3-6,15H,2,7-12,17H2,1H3. The molecule has 1 aliphatic heterocycles. The number of ketones is 1. The van der Waals surface area contributed by atoms with Crippen molar-refractivity contribution >= 4 is 5.78 Å². The van der Waals surface area contributed by atoms with Crippen LogP contribution < -0.4 is 5.73 Å². The molecule has 0 radical (unpaired) electrons. The molecule has 1 heterocycles. The molecule has 0 saturated carbocycles. The molecular weight excluding hydrogens is 236 g/mol. The number of carbonyl (C=O) groups excluding carboxylic acids is 1. The second-order valence-electron chi connectivity index (χ2n) is 5.32. The van der Waals surface area contributed by atoms with Crippen LogP contribution in [0.4, 0.5) is 0 Å². The van der Waals surface area contributed by atoms with Gasteiger partial charge in [0.1, 0.15) is 0 Å². The maximum atomic E-state index is 12.4. The molecule has 104 valence electrons. The van der Waals surface area contributed by atoms with E-state index in [0.717, 1.165) is 44.5 Å². The first-order valence-corrected chi connectivity index (χ1v) is 7.30. The molecule has 0 bridgehead atoms. The Morgan fingerprint density at radius 3 is 2.42 bits per heavy atom. The number of carbonyl (C=O) groups is 1. The maximum Gasteiger partial charge on any atom is 0.166 e. The van der Waals surface area contributed by atoms with Crippen LogP contribution in [0.3, 0.4) is 0 Å². The van der Waals surface area contributed by atoms with Crippen LogP contribution in [0.2, 0.25) is 0 Å². The van der Waals surface area contributed by atoms with Crippen molar-refractivity contribution in [1.29, 1.82) is 0 Å². The predicted molar refractivity (Wildman–Crippen MR) is 78.4 cm³/mol. The summed E-state index contributed by atoms with van der Waals surface area (Å²) in [4.78, 5) is 14.8. The highest BCUT2D eigenvalue weighted by molar-refractivity contribution is 5.97. The minimum Gasteiger partial charge on any atom is -0.329 e. The van der Waals surface area contributed by atoms with Crippen molar-refractivity contribution in [2.45, 2.75) is 26.2 Å². The Labute approximate surface area is 115 Å². The summed E-state index contributed by atoms with van der Waals surface area (Å²) in [6.07, 6.45) is 2.95. The van der Waals surface area contributed by atoms with Crippen LogP contribution in [0.1, 0.15) is 35.7 Å². The number of nitrogens with two attached hydrogens (primary N) is 1. The topological polar surface area (TPSA) is 46.3 Å². The average Bonchev–Trinajstić information content (AvgIpc) is 2.48. The van der Waals surface area contributed by atoms with Gasteiger partial charge in [-0.2, -0.15) is 0 Å². The summed E-state index contributed by atoms with van der Waals surface area (Å²) in [5, 5.41) is 0. The fourth-order valence-electron chi connectivity index (χ4n) is 2.74. The molecule has 0 atom stereocenters. The smallest absolute Gasteiger partial charge is 0.166 e. The van der Waals surface area contributed by atoms with Gasteiger partial charge in [0.05, 0.1) is 0 Å². The highest BCUT2D eigenvalue weighted by Gasteiger charge is 2.25. The van der Waals surface area contributed by atoms with Gasteiger partial charge in [-0.05, 0) is 37.9 Å². The first kappa shape index (κ1) is 14.2. The molecule has 0 amide bonds. The minimum atomic E-state index is 0.196. The fourth-order valence-corrected chi connectivity index (χ4v) is 2.74. The number of hydrogen-bond acceptors (Lipinski definition) is 3. The third kappa shape index (κ3) is 3.64. The van der Waals surface area contributed by atoms with E-state index in [1.165, 1.54) is 5.56 Å². The lowest BCUT2D eigenvalue weighted by Crippen LogP contribution is -2.39. The van der Waals surface area contributed by atoms with Crippen molar-refractivity contribution in [2.75, 3.05) is 26.2 Å². The molecular formula is C16H24N2O. The third-order valence-electron chi connectivity index (χ3n) is 4.05. The molecule has 0 spiro atoms. The molecule has 1 aliphatic rings. The van der Waals surface area contributed by atoms with Gasteiger partial charge in [-0.3, -0.25) is 4.79 Å². The monoisotopic (exact) mass is 260 g/mol. The van der Waals surface area contributed by atoms with Crippen molar-refractivity contribution in [3.63, 3.8) is 0 Å². The van der Waals surface area contributed by atoms with Crippen molar-refractivity contribution in [2.24, 2.45) is 11.7 Å². The lowest BCUT2D eigenvalue weighted by molar-refractivity contribution is 0.0842. The molecule has 1 fully saturated rings. The zero-order valence-corrected chi connectivity index (χ0v) is 11.8. The lowest BCUT2D eigenvalue weighted by atomic mass is 9.88. The maximum absolute atomic E-state index is 12.4. The second kappa shape index (κ2) is 6.83. The van der Waals surface area contributed by atoms with Crippen LogP contribution >= 0.6 is 0 Å². The number of aryl methyl sites for hydroxylation is 1. The van der Waals surface area contributed by atoms with E-state index >= 15 is 0 Å². The van der Waals surface area contributed by atoms with Crippen molar-refractivity contribution < 1.29 is 4.79 Å². The summed E-state index contributed by atoms with van der Waals surface area (Å²) in [5.41, 5.74) is 7.72. The number of hydrogen-bond donors (Lipinski definition) is 1. The Hall–Kier alpha value is -1.19. The summed E-state index contributed by atoms with van der Waals surface area (Å²) in [7, 11) is 0. The number of rotatable bonds is 5. The highest BCUT2D eigenvalue weighted by atomic mass is 16.1. The Morgan fingerprint density at radius 1 is 1.26 bits per heavy atom. The van der Waals surface area contributed by atoms with E-state index in [9.17, 15) is 4.79 Å². The number of nitrogens with zero attached hydrogens (tertiary/aromatic N) is 1. The van der Waals surface area contributed by atoms with Gasteiger partial charge in [-0.1, -0.05) is 31.2 Å². The van der Waals surface area contributed by atoms with Gasteiger partial charge in [0.25, 0.3) is 0 Å². The minimum absolute atomic E-state index is 0.196. The number of likely N-dealkylation sites (tertiary alicyclic amines) is 1. The van der Waals surface area contributed by atoms with Gasteiger partial charge in [0, 0.05) is 24.6 Å². The molecule has 3 heteroatoms. The van der Waals surface area contributed by atoms with Crippen LogP contribution in [0, 0.1) is 5.92 Å². The van der Waals surface area contributed by atoms with E-state index in [0.29, 0.717) is 12.3 Å². The predicted octanol–water partition coefficient (Wildman–Crippen LogP) is 2.10. The molecule has 2 N–H and O–H groups in total. The molecule has 0 unspecified atom stereocenters. The summed E-state index contributed by atoms with van der Waals surface area (Å²) in [5.74, 6) is 0.511. The van der Waals surface area contributed by atoms with Crippen molar-refractivity contribution in [3.8, 4) is 0 Å². The lowest BCUT2D eigenvalue weighted by Gasteiger charge is -2.30. The van der Waals surface area contributed by atoms with Gasteiger partial charge >= 0.3 is 0 Å². The summed E-state index contributed by atoms with van der Waals surface area (Å²) in [6.45, 7) is 5.79. The molecule has 1 saturated heterocycles. The third-order valence-corrected chi connectivity index (χ3v) is 4.05. The first-order chi connectivity index (χ1) is 9.24. The fraction of sp³-hybridized carbons (Fsp3) is 0.562. The van der Waals surface area contributed by atoms with Crippen molar-refractivity contribution in [3.05, 3.63) is 35.4 Å². The van der Waals surface area contributed by atoms with E-state index in [1.807, 2.05) is 12.1 Å². The van der Waals surface area contributed by atoms with E-state index in [4.69, 9.17) is 5.73 Å². The number of Topliss-reactive ketones (excluding diaryl/α,β-unsaturated/α-hetero) is 1. The van der Waals surface area contributed by atoms with E-state index in [-0.39, 0.29) is 5.92 Å². The van der Waals surface area contributed by atoms with Crippen LogP contribution in [-0.4, -0.2) is 36.9 Å². The SMILES string of the molecule is CCc1ccc(C(=O)C2CCN(CCN)CC2)cc1. The van der Waals surface area contributed by atoms with Crippen LogP contribution in [0.15, 0.2) is 24.3 Å². The van der Waals surface area contributed by atoms with Gasteiger partial charge in [-0.15, -0.1) is 0 Å². The second-order valence-corrected chi connectivity index (χ2v) is 5.32. The highest BCUT2D eigenvalue weighted by Crippen LogP contribution is 2.21. The van der Waals surface area contributed by atoms with Crippen LogP contribution in [0.5, 0.6) is 0 Å². The van der Waals surface area contributed by atoms with E-state index in [2.05, 4.69) is 24.0 Å². The zero-order chi connectivity index (χ0) is 13.7. The molecule has 3 nitrogen and oxygen atoms in total. The normalized spacial score (nSPS) is 17.6. The number of benzene rings is 1. The summed E-state index contributed by atoms with van der Waals surface area (Å²) >= 11 is 0. The quantitative estimate of drug-likeness (QED) is 0.825. The van der Waals surface area contributed by atoms with E-state index < -0.39 is 0 Å². The first-order valence-electron chi connectivity index (χ1n) is 7.30. The van der Waals surface area contributed by atoms with Crippen LogP contribution in [0.25, 0.3) is 0 Å². The number of piperidine rings is 1. The largest absolute Gasteiger partial charge is 0.329 e. The molecule has 0 aromatic heterocycles. The average molecular weight is 260 g/mol. The van der Waals surface area contributed by atoms with Gasteiger partial charge < -0.3 is 10.6 Å². The summed E-state index contributed by atoms with van der Waals surface area (Å²) < 4.78 is 0. The Morgan fingerprint density at radius 2 is 1.89 bits per heavy atom. The molecule has 0 aliphatic carbocycles. The van der Waals surface area contributed by atoms with E-state index in [1.54, 1.807) is 0 Å². The van der Waals surface area contributed by atoms with Crippen molar-refractivity contribution in [1.82, 2.24) is 4.90 Å². The summed E-state index contributed by atoms with van der Waals surface area (Å²) in [6, 6.07) is 8.09. The Bertz CT molecular complexity index is 405. The Balaban J connectivity index is 1.93. The molecule has 2 rings (SSSR count). The van der Waals surface area contributed by atoms with Gasteiger partial charge in [0.15, 0.2) is 5.78 Å². The Kier molecular flexibility index (Phi) is 5.11. The van der Waals surface area contributed by atoms with Crippen LogP contribution in [-0.2, 0) is 6.42 Å². The zero-order valence-electron chi connectivity index (χ0n) is 11.8.